The molecule has 1 aromatic heterocycles. The number of rotatable bonds is 2. The van der Waals surface area contributed by atoms with Gasteiger partial charge in [-0.3, -0.25) is 0 Å². The van der Waals surface area contributed by atoms with E-state index in [1.165, 1.54) is 13.8 Å². The Labute approximate surface area is 115 Å². The second-order valence-electron chi connectivity index (χ2n) is 5.64. The molecular weight excluding hydrogens is 239 g/mol. The first-order valence-electron chi connectivity index (χ1n) is 6.36. The fraction of sp³-hybridized carbons (Fsp3) is 0.500. The van der Waals surface area contributed by atoms with Crippen LogP contribution < -0.4 is 0 Å². The van der Waals surface area contributed by atoms with Crippen LogP contribution in [0.25, 0.3) is 5.57 Å². The topological polar surface area (TPSA) is 36.7 Å². The van der Waals surface area contributed by atoms with Crippen LogP contribution in [0.2, 0.25) is 0 Å². The molecule has 0 N–H and O–H groups in total. The van der Waals surface area contributed by atoms with Crippen molar-refractivity contribution >= 4 is 5.57 Å². The minimum absolute atomic E-state index is 0.230. The van der Waals surface area contributed by atoms with Crippen molar-refractivity contribution in [3.8, 4) is 6.07 Å². The van der Waals surface area contributed by atoms with Crippen molar-refractivity contribution in [2.24, 2.45) is 0 Å². The van der Waals surface area contributed by atoms with E-state index in [1.807, 2.05) is 34.6 Å². The van der Waals surface area contributed by atoms with Gasteiger partial charge in [-0.05, 0) is 65.2 Å². The van der Waals surface area contributed by atoms with Crippen molar-refractivity contribution < 1.29 is 4.39 Å². The van der Waals surface area contributed by atoms with Crippen LogP contribution in [-0.4, -0.2) is 4.98 Å². The SMILES string of the molecule is CC(C)=C(C)c1nc(C(C)(C)F)c(C#N)c(C)c1C. The number of hydrogen-bond donors (Lipinski definition) is 0. The largest absolute Gasteiger partial charge is 0.248 e. The number of alkyl halides is 1. The van der Waals surface area contributed by atoms with E-state index in [4.69, 9.17) is 0 Å². The average molecular weight is 260 g/mol. The van der Waals surface area contributed by atoms with Crippen LogP contribution in [0.3, 0.4) is 0 Å². The third-order valence-electron chi connectivity index (χ3n) is 3.53. The number of allylic oxidation sites excluding steroid dienone is 2. The van der Waals surface area contributed by atoms with Gasteiger partial charge in [0.15, 0.2) is 0 Å². The molecule has 0 spiro atoms. The van der Waals surface area contributed by atoms with E-state index < -0.39 is 5.67 Å². The molecule has 0 saturated heterocycles. The Morgan fingerprint density at radius 3 is 2.05 bits per heavy atom. The van der Waals surface area contributed by atoms with E-state index in [0.29, 0.717) is 5.56 Å². The molecule has 1 aromatic rings. The standard InChI is InChI=1S/C16H21FN2/c1-9(2)10(3)14-12(5)11(4)13(8-18)15(19-14)16(6,7)17/h1-7H3. The molecule has 0 saturated carbocycles. The molecule has 102 valence electrons. The Bertz CT molecular complexity index is 580. The van der Waals surface area contributed by atoms with E-state index >= 15 is 0 Å². The van der Waals surface area contributed by atoms with Crippen molar-refractivity contribution in [1.82, 2.24) is 4.98 Å². The highest BCUT2D eigenvalue weighted by atomic mass is 19.1. The maximum absolute atomic E-state index is 14.3. The minimum atomic E-state index is -1.62. The Morgan fingerprint density at radius 2 is 1.68 bits per heavy atom. The summed E-state index contributed by atoms with van der Waals surface area (Å²) in [6.45, 7) is 12.6. The van der Waals surface area contributed by atoms with E-state index in [-0.39, 0.29) is 5.69 Å². The number of halogens is 1. The summed E-state index contributed by atoms with van der Waals surface area (Å²) < 4.78 is 14.3. The van der Waals surface area contributed by atoms with Gasteiger partial charge in [-0.15, -0.1) is 0 Å². The lowest BCUT2D eigenvalue weighted by Crippen LogP contribution is -2.17. The molecule has 3 heteroatoms. The summed E-state index contributed by atoms with van der Waals surface area (Å²) >= 11 is 0. The molecule has 0 aliphatic rings. The van der Waals surface area contributed by atoms with Gasteiger partial charge >= 0.3 is 0 Å². The van der Waals surface area contributed by atoms with E-state index in [9.17, 15) is 9.65 Å². The zero-order chi connectivity index (χ0) is 15.0. The van der Waals surface area contributed by atoms with Gasteiger partial charge in [-0.1, -0.05) is 5.57 Å². The van der Waals surface area contributed by atoms with Crippen molar-refractivity contribution in [3.05, 3.63) is 33.7 Å². The summed E-state index contributed by atoms with van der Waals surface area (Å²) in [5, 5.41) is 9.26. The summed E-state index contributed by atoms with van der Waals surface area (Å²) in [5.74, 6) is 0. The zero-order valence-electron chi connectivity index (χ0n) is 12.8. The van der Waals surface area contributed by atoms with Gasteiger partial charge in [0.1, 0.15) is 11.7 Å². The molecule has 0 aliphatic heterocycles. The van der Waals surface area contributed by atoms with Gasteiger partial charge in [0, 0.05) is 0 Å². The predicted molar refractivity (Wildman–Crippen MR) is 76.5 cm³/mol. The molecule has 0 radical (unpaired) electrons. The molecular formula is C16H21FN2. The molecule has 0 atom stereocenters. The number of nitriles is 1. The quantitative estimate of drug-likeness (QED) is 0.780. The van der Waals surface area contributed by atoms with Gasteiger partial charge in [0.2, 0.25) is 0 Å². The lowest BCUT2D eigenvalue weighted by molar-refractivity contribution is 0.213. The first-order valence-corrected chi connectivity index (χ1v) is 6.36. The van der Waals surface area contributed by atoms with E-state index in [1.54, 1.807) is 0 Å². The molecule has 0 bridgehead atoms. The van der Waals surface area contributed by atoms with Crippen molar-refractivity contribution in [3.63, 3.8) is 0 Å². The van der Waals surface area contributed by atoms with Crippen LogP contribution in [0.4, 0.5) is 4.39 Å². The predicted octanol–water partition coefficient (Wildman–Crippen LogP) is 4.59. The summed E-state index contributed by atoms with van der Waals surface area (Å²) in [5.41, 5.74) is 3.69. The van der Waals surface area contributed by atoms with Crippen LogP contribution in [-0.2, 0) is 5.67 Å². The third-order valence-corrected chi connectivity index (χ3v) is 3.53. The molecule has 0 unspecified atom stereocenters. The molecule has 1 heterocycles. The van der Waals surface area contributed by atoms with Crippen molar-refractivity contribution in [2.45, 2.75) is 54.1 Å². The molecule has 2 nitrogen and oxygen atoms in total. The van der Waals surface area contributed by atoms with Crippen LogP contribution >= 0.6 is 0 Å². The Balaban J connectivity index is 3.79. The summed E-state index contributed by atoms with van der Waals surface area (Å²) in [4.78, 5) is 4.44. The van der Waals surface area contributed by atoms with Crippen LogP contribution in [0.15, 0.2) is 5.57 Å². The van der Waals surface area contributed by atoms with Gasteiger partial charge in [-0.2, -0.15) is 5.26 Å². The van der Waals surface area contributed by atoms with Crippen molar-refractivity contribution in [2.75, 3.05) is 0 Å². The molecule has 0 aromatic carbocycles. The van der Waals surface area contributed by atoms with Crippen LogP contribution in [0.1, 0.15) is 62.7 Å². The lowest BCUT2D eigenvalue weighted by Gasteiger charge is -2.20. The third kappa shape index (κ3) is 2.84. The molecule has 19 heavy (non-hydrogen) atoms. The van der Waals surface area contributed by atoms with Crippen LogP contribution in [0, 0.1) is 25.2 Å². The van der Waals surface area contributed by atoms with Gasteiger partial charge in [0.25, 0.3) is 0 Å². The fourth-order valence-corrected chi connectivity index (χ4v) is 1.96. The highest BCUT2D eigenvalue weighted by molar-refractivity contribution is 5.68. The van der Waals surface area contributed by atoms with E-state index in [0.717, 1.165) is 28.0 Å². The highest BCUT2D eigenvalue weighted by Crippen LogP contribution is 2.32. The zero-order valence-corrected chi connectivity index (χ0v) is 12.8. The Morgan fingerprint density at radius 1 is 1.16 bits per heavy atom. The van der Waals surface area contributed by atoms with Crippen molar-refractivity contribution in [1.29, 1.82) is 5.26 Å². The van der Waals surface area contributed by atoms with Gasteiger partial charge in [0.05, 0.1) is 17.0 Å². The fourth-order valence-electron chi connectivity index (χ4n) is 1.96. The Hall–Kier alpha value is -1.69. The summed E-state index contributed by atoms with van der Waals surface area (Å²) in [7, 11) is 0. The highest BCUT2D eigenvalue weighted by Gasteiger charge is 2.28. The number of nitrogens with zero attached hydrogens (tertiary/aromatic N) is 2. The monoisotopic (exact) mass is 260 g/mol. The van der Waals surface area contributed by atoms with Gasteiger partial charge < -0.3 is 0 Å². The normalized spacial score (nSPS) is 11.1. The maximum Gasteiger partial charge on any atom is 0.148 e. The molecule has 0 fully saturated rings. The van der Waals surface area contributed by atoms with Crippen LogP contribution in [0.5, 0.6) is 0 Å². The summed E-state index contributed by atoms with van der Waals surface area (Å²) in [6, 6.07) is 2.09. The molecule has 1 rings (SSSR count). The molecule has 0 aliphatic carbocycles. The average Bonchev–Trinajstić information content (AvgIpc) is 2.29. The lowest BCUT2D eigenvalue weighted by atomic mass is 9.92. The minimum Gasteiger partial charge on any atom is -0.248 e. The number of aromatic nitrogens is 1. The maximum atomic E-state index is 14.3. The number of hydrogen-bond acceptors (Lipinski definition) is 2. The summed E-state index contributed by atoms with van der Waals surface area (Å²) in [6.07, 6.45) is 0. The Kier molecular flexibility index (Phi) is 4.15. The second kappa shape index (κ2) is 5.13. The van der Waals surface area contributed by atoms with E-state index in [2.05, 4.69) is 11.1 Å². The van der Waals surface area contributed by atoms with Gasteiger partial charge in [-0.25, -0.2) is 9.37 Å². The first-order chi connectivity index (χ1) is 8.61. The first kappa shape index (κ1) is 15.4. The smallest absolute Gasteiger partial charge is 0.148 e. The molecule has 0 amide bonds. The second-order valence-corrected chi connectivity index (χ2v) is 5.64. The number of pyridine rings is 1.